The van der Waals surface area contributed by atoms with Gasteiger partial charge in [0.05, 0.1) is 0 Å². The molecule has 0 spiro atoms. The second kappa shape index (κ2) is 7.06. The number of anilines is 1. The highest BCUT2D eigenvalue weighted by molar-refractivity contribution is 6.29. The summed E-state index contributed by atoms with van der Waals surface area (Å²) < 4.78 is 5.04. The lowest BCUT2D eigenvalue weighted by Crippen LogP contribution is -2.24. The average molecular weight is 284 g/mol. The maximum absolute atomic E-state index is 5.99. The molecule has 2 atom stereocenters. The molecule has 1 fully saturated rings. The van der Waals surface area contributed by atoms with Crippen molar-refractivity contribution in [2.24, 2.45) is 11.8 Å². The van der Waals surface area contributed by atoms with E-state index in [2.05, 4.69) is 22.2 Å². The number of hydrogen-bond acceptors (Lipinski definition) is 4. The number of rotatable bonds is 5. The molecule has 1 aliphatic rings. The Morgan fingerprint density at radius 1 is 1.37 bits per heavy atom. The molecule has 0 aromatic carbocycles. The fraction of sp³-hybridized carbons (Fsp3) is 0.714. The first-order chi connectivity index (χ1) is 9.19. The largest absolute Gasteiger partial charge is 0.377 e. The lowest BCUT2D eigenvalue weighted by Gasteiger charge is -2.29. The van der Waals surface area contributed by atoms with Gasteiger partial charge in [-0.15, -0.1) is 0 Å². The van der Waals surface area contributed by atoms with Crippen LogP contribution in [0.3, 0.4) is 0 Å². The van der Waals surface area contributed by atoms with Crippen molar-refractivity contribution in [2.45, 2.75) is 39.2 Å². The van der Waals surface area contributed by atoms with E-state index in [0.717, 1.165) is 24.2 Å². The summed E-state index contributed by atoms with van der Waals surface area (Å²) in [5.74, 6) is 2.93. The summed E-state index contributed by atoms with van der Waals surface area (Å²) in [5, 5.41) is 3.85. The van der Waals surface area contributed by atoms with Crippen molar-refractivity contribution in [2.75, 3.05) is 19.0 Å². The summed E-state index contributed by atoms with van der Waals surface area (Å²) >= 11 is 5.99. The summed E-state index contributed by atoms with van der Waals surface area (Å²) in [7, 11) is 1.63. The van der Waals surface area contributed by atoms with Crippen LogP contribution < -0.4 is 5.32 Å². The molecule has 1 N–H and O–H groups in total. The van der Waals surface area contributed by atoms with Gasteiger partial charge in [-0.1, -0.05) is 37.8 Å². The Hall–Kier alpha value is -0.870. The number of ether oxygens (including phenoxy) is 1. The first kappa shape index (κ1) is 14.5. The normalized spacial score (nSPS) is 23.3. The number of aromatic nitrogens is 2. The molecule has 0 saturated heterocycles. The molecular formula is C14H22ClN3O. The Morgan fingerprint density at radius 3 is 2.89 bits per heavy atom. The zero-order valence-electron chi connectivity index (χ0n) is 11.7. The highest BCUT2D eigenvalue weighted by Gasteiger charge is 2.21. The van der Waals surface area contributed by atoms with E-state index >= 15 is 0 Å². The quantitative estimate of drug-likeness (QED) is 0.840. The molecule has 1 aliphatic carbocycles. The van der Waals surface area contributed by atoms with Crippen molar-refractivity contribution in [3.8, 4) is 0 Å². The molecule has 0 aliphatic heterocycles. The van der Waals surface area contributed by atoms with Crippen LogP contribution in [-0.2, 0) is 11.3 Å². The zero-order chi connectivity index (χ0) is 13.7. The third-order valence-corrected chi connectivity index (χ3v) is 4.04. The topological polar surface area (TPSA) is 47.0 Å². The number of hydrogen-bond donors (Lipinski definition) is 1. The van der Waals surface area contributed by atoms with E-state index in [1.165, 1.54) is 25.7 Å². The minimum atomic E-state index is 0.384. The van der Waals surface area contributed by atoms with Crippen LogP contribution in [0, 0.1) is 11.8 Å². The van der Waals surface area contributed by atoms with Gasteiger partial charge in [0, 0.05) is 19.7 Å². The summed E-state index contributed by atoms with van der Waals surface area (Å²) in [5.41, 5.74) is 0. The molecule has 0 bridgehead atoms. The molecule has 106 valence electrons. The van der Waals surface area contributed by atoms with Crippen LogP contribution in [0.1, 0.15) is 38.4 Å². The molecule has 5 heteroatoms. The molecule has 19 heavy (non-hydrogen) atoms. The van der Waals surface area contributed by atoms with Crippen molar-refractivity contribution >= 4 is 17.4 Å². The second-order valence-electron chi connectivity index (χ2n) is 5.33. The van der Waals surface area contributed by atoms with E-state index in [0.29, 0.717) is 17.6 Å². The lowest BCUT2D eigenvalue weighted by atomic mass is 9.80. The van der Waals surface area contributed by atoms with Crippen LogP contribution in [0.15, 0.2) is 6.07 Å². The number of halogens is 1. The third-order valence-electron chi connectivity index (χ3n) is 3.85. The Balaban J connectivity index is 1.94. The predicted octanol–water partition coefficient (Wildman–Crippen LogP) is 3.51. The van der Waals surface area contributed by atoms with Gasteiger partial charge in [-0.05, 0) is 18.3 Å². The SMILES string of the molecule is COCc1nc(Cl)cc(NCC2CCCCC2C)n1. The van der Waals surface area contributed by atoms with Crippen molar-refractivity contribution in [3.05, 3.63) is 17.0 Å². The minimum absolute atomic E-state index is 0.384. The molecule has 1 aromatic rings. The van der Waals surface area contributed by atoms with E-state index < -0.39 is 0 Å². The van der Waals surface area contributed by atoms with Crippen LogP contribution in [0.2, 0.25) is 5.15 Å². The zero-order valence-corrected chi connectivity index (χ0v) is 12.4. The van der Waals surface area contributed by atoms with Crippen LogP contribution in [0.5, 0.6) is 0 Å². The summed E-state index contributed by atoms with van der Waals surface area (Å²) in [6.07, 6.45) is 5.36. The van der Waals surface area contributed by atoms with Crippen molar-refractivity contribution in [3.63, 3.8) is 0 Å². The Labute approximate surface area is 119 Å². The molecule has 0 radical (unpaired) electrons. The number of nitrogens with one attached hydrogen (secondary N) is 1. The highest BCUT2D eigenvalue weighted by Crippen LogP contribution is 2.29. The third kappa shape index (κ3) is 4.32. The van der Waals surface area contributed by atoms with Gasteiger partial charge in [0.1, 0.15) is 17.6 Å². The molecule has 1 heterocycles. The van der Waals surface area contributed by atoms with E-state index in [1.807, 2.05) is 0 Å². The van der Waals surface area contributed by atoms with Crippen LogP contribution in [0.25, 0.3) is 0 Å². The molecular weight excluding hydrogens is 262 g/mol. The molecule has 0 amide bonds. The molecule has 2 rings (SSSR count). The Kier molecular flexibility index (Phi) is 5.40. The Bertz CT molecular complexity index is 414. The Morgan fingerprint density at radius 2 is 2.16 bits per heavy atom. The van der Waals surface area contributed by atoms with Gasteiger partial charge in [-0.3, -0.25) is 0 Å². The fourth-order valence-corrected chi connectivity index (χ4v) is 2.88. The predicted molar refractivity (Wildman–Crippen MR) is 77.4 cm³/mol. The van der Waals surface area contributed by atoms with Crippen molar-refractivity contribution < 1.29 is 4.74 Å². The van der Waals surface area contributed by atoms with Crippen LogP contribution in [0.4, 0.5) is 5.82 Å². The van der Waals surface area contributed by atoms with E-state index in [1.54, 1.807) is 13.2 Å². The summed E-state index contributed by atoms with van der Waals surface area (Å²) in [4.78, 5) is 8.52. The first-order valence-corrected chi connectivity index (χ1v) is 7.33. The molecule has 1 aromatic heterocycles. The molecule has 1 saturated carbocycles. The molecule has 4 nitrogen and oxygen atoms in total. The fourth-order valence-electron chi connectivity index (χ4n) is 2.68. The smallest absolute Gasteiger partial charge is 0.158 e. The summed E-state index contributed by atoms with van der Waals surface area (Å²) in [6, 6.07) is 1.77. The van der Waals surface area contributed by atoms with Gasteiger partial charge in [0.25, 0.3) is 0 Å². The average Bonchev–Trinajstić information content (AvgIpc) is 2.37. The van der Waals surface area contributed by atoms with Gasteiger partial charge in [0.2, 0.25) is 0 Å². The van der Waals surface area contributed by atoms with Crippen molar-refractivity contribution in [1.29, 1.82) is 0 Å². The number of nitrogens with zero attached hydrogens (tertiary/aromatic N) is 2. The maximum Gasteiger partial charge on any atom is 0.158 e. The second-order valence-corrected chi connectivity index (χ2v) is 5.72. The standard InChI is InChI=1S/C14H22ClN3O/c1-10-5-3-4-6-11(10)8-16-13-7-12(15)17-14(18-13)9-19-2/h7,10-11H,3-6,8-9H2,1-2H3,(H,16,17,18). The van der Waals surface area contributed by atoms with Crippen LogP contribution in [-0.4, -0.2) is 23.6 Å². The maximum atomic E-state index is 5.99. The lowest BCUT2D eigenvalue weighted by molar-refractivity contribution is 0.178. The van der Waals surface area contributed by atoms with E-state index in [9.17, 15) is 0 Å². The van der Waals surface area contributed by atoms with Gasteiger partial charge >= 0.3 is 0 Å². The summed E-state index contributed by atoms with van der Waals surface area (Å²) in [6.45, 7) is 3.69. The molecule has 2 unspecified atom stereocenters. The monoisotopic (exact) mass is 283 g/mol. The van der Waals surface area contributed by atoms with Gasteiger partial charge < -0.3 is 10.1 Å². The highest BCUT2D eigenvalue weighted by atomic mass is 35.5. The van der Waals surface area contributed by atoms with Gasteiger partial charge in [0.15, 0.2) is 5.82 Å². The van der Waals surface area contributed by atoms with Crippen molar-refractivity contribution in [1.82, 2.24) is 9.97 Å². The number of methoxy groups -OCH3 is 1. The minimum Gasteiger partial charge on any atom is -0.377 e. The van der Waals surface area contributed by atoms with E-state index in [4.69, 9.17) is 16.3 Å². The van der Waals surface area contributed by atoms with E-state index in [-0.39, 0.29) is 0 Å². The van der Waals surface area contributed by atoms with Gasteiger partial charge in [-0.25, -0.2) is 9.97 Å². The van der Waals surface area contributed by atoms with Crippen LogP contribution >= 0.6 is 11.6 Å². The van der Waals surface area contributed by atoms with Gasteiger partial charge in [-0.2, -0.15) is 0 Å². The first-order valence-electron chi connectivity index (χ1n) is 6.95.